The van der Waals surface area contributed by atoms with Crippen molar-refractivity contribution in [3.63, 3.8) is 0 Å². The number of carbonyl (C=O) groups excluding carboxylic acids is 1. The molecule has 128 valence electrons. The standard InChI is InChI=1S/C17H15ClN4O3/c18-15-14-16(20-9-19-15)22(10-21-14)13-7-6-12(25-13)8-24-17(23)11-4-2-1-3-5-11/h1-5,9-10,12-13H,6-8H2/t12-,13+/m0/s1. The largest absolute Gasteiger partial charge is 0.459 e. The fourth-order valence-corrected chi connectivity index (χ4v) is 3.05. The molecular weight excluding hydrogens is 344 g/mol. The number of carbonyl (C=O) groups is 1. The van der Waals surface area contributed by atoms with Gasteiger partial charge in [0.1, 0.15) is 24.7 Å². The molecule has 2 aromatic heterocycles. The molecule has 7 nitrogen and oxygen atoms in total. The van der Waals surface area contributed by atoms with Crippen molar-refractivity contribution in [1.82, 2.24) is 19.5 Å². The van der Waals surface area contributed by atoms with Crippen LogP contribution in [-0.2, 0) is 9.47 Å². The predicted molar refractivity (Wildman–Crippen MR) is 90.2 cm³/mol. The first-order valence-corrected chi connectivity index (χ1v) is 8.31. The highest BCUT2D eigenvalue weighted by molar-refractivity contribution is 6.33. The van der Waals surface area contributed by atoms with E-state index in [1.165, 1.54) is 6.33 Å². The van der Waals surface area contributed by atoms with Crippen molar-refractivity contribution < 1.29 is 14.3 Å². The van der Waals surface area contributed by atoms with Crippen LogP contribution in [0.15, 0.2) is 43.0 Å². The van der Waals surface area contributed by atoms with E-state index in [0.29, 0.717) is 21.9 Å². The maximum Gasteiger partial charge on any atom is 0.338 e. The summed E-state index contributed by atoms with van der Waals surface area (Å²) in [5, 5.41) is 0.315. The molecular formula is C17H15ClN4O3. The lowest BCUT2D eigenvalue weighted by Gasteiger charge is -2.15. The number of benzene rings is 1. The second-order valence-electron chi connectivity index (χ2n) is 5.74. The van der Waals surface area contributed by atoms with E-state index in [9.17, 15) is 4.79 Å². The lowest BCUT2D eigenvalue weighted by molar-refractivity contribution is -0.0309. The number of nitrogens with zero attached hydrogens (tertiary/aromatic N) is 4. The highest BCUT2D eigenvalue weighted by Crippen LogP contribution is 2.31. The average Bonchev–Trinajstić information content (AvgIpc) is 3.27. The third-order valence-corrected chi connectivity index (χ3v) is 4.40. The van der Waals surface area contributed by atoms with Crippen molar-refractivity contribution in [2.24, 2.45) is 0 Å². The molecule has 0 aliphatic carbocycles. The average molecular weight is 359 g/mol. The van der Waals surface area contributed by atoms with Crippen molar-refractivity contribution in [2.75, 3.05) is 6.61 Å². The van der Waals surface area contributed by atoms with Gasteiger partial charge in [0.25, 0.3) is 0 Å². The number of imidazole rings is 1. The molecule has 4 rings (SSSR count). The lowest BCUT2D eigenvalue weighted by atomic mass is 10.2. The fraction of sp³-hybridized carbons (Fsp3) is 0.294. The Labute approximate surface area is 148 Å². The van der Waals surface area contributed by atoms with Crippen molar-refractivity contribution in [2.45, 2.75) is 25.2 Å². The van der Waals surface area contributed by atoms with E-state index in [1.807, 2.05) is 10.6 Å². The molecule has 25 heavy (non-hydrogen) atoms. The fourth-order valence-electron chi connectivity index (χ4n) is 2.87. The van der Waals surface area contributed by atoms with Crippen molar-refractivity contribution >= 4 is 28.7 Å². The monoisotopic (exact) mass is 358 g/mol. The summed E-state index contributed by atoms with van der Waals surface area (Å²) in [6, 6.07) is 8.90. The van der Waals surface area contributed by atoms with E-state index in [4.69, 9.17) is 21.1 Å². The van der Waals surface area contributed by atoms with E-state index < -0.39 is 0 Å². The Morgan fingerprint density at radius 1 is 1.24 bits per heavy atom. The summed E-state index contributed by atoms with van der Waals surface area (Å²) in [5.41, 5.74) is 1.71. The van der Waals surface area contributed by atoms with Gasteiger partial charge in [-0.15, -0.1) is 0 Å². The van der Waals surface area contributed by atoms with Crippen molar-refractivity contribution in [3.8, 4) is 0 Å². The van der Waals surface area contributed by atoms with E-state index >= 15 is 0 Å². The Hall–Kier alpha value is -2.51. The van der Waals surface area contributed by atoms with Gasteiger partial charge >= 0.3 is 5.97 Å². The van der Waals surface area contributed by atoms with Crippen molar-refractivity contribution in [1.29, 1.82) is 0 Å². The zero-order valence-electron chi connectivity index (χ0n) is 13.2. The molecule has 3 aromatic rings. The molecule has 0 saturated carbocycles. The molecule has 3 heterocycles. The first-order valence-electron chi connectivity index (χ1n) is 7.93. The molecule has 0 radical (unpaired) electrons. The van der Waals surface area contributed by atoms with Crippen LogP contribution in [0.4, 0.5) is 0 Å². The number of esters is 1. The van der Waals surface area contributed by atoms with Gasteiger partial charge < -0.3 is 9.47 Å². The molecule has 1 saturated heterocycles. The van der Waals surface area contributed by atoms with Crippen LogP contribution >= 0.6 is 11.6 Å². The Morgan fingerprint density at radius 2 is 2.08 bits per heavy atom. The molecule has 0 spiro atoms. The molecule has 1 aromatic carbocycles. The number of fused-ring (bicyclic) bond motifs is 1. The van der Waals surface area contributed by atoms with Gasteiger partial charge in [-0.05, 0) is 25.0 Å². The van der Waals surface area contributed by atoms with Crippen LogP contribution in [0.3, 0.4) is 0 Å². The molecule has 1 fully saturated rings. The Kier molecular flexibility index (Phi) is 4.33. The number of aromatic nitrogens is 4. The quantitative estimate of drug-likeness (QED) is 0.527. The minimum Gasteiger partial charge on any atom is -0.459 e. The van der Waals surface area contributed by atoms with Gasteiger partial charge in [0.2, 0.25) is 0 Å². The van der Waals surface area contributed by atoms with Crippen LogP contribution in [0, 0.1) is 0 Å². The summed E-state index contributed by atoms with van der Waals surface area (Å²) >= 11 is 6.02. The van der Waals surface area contributed by atoms with Crippen LogP contribution in [0.5, 0.6) is 0 Å². The second-order valence-corrected chi connectivity index (χ2v) is 6.10. The number of rotatable bonds is 4. The van der Waals surface area contributed by atoms with E-state index in [-0.39, 0.29) is 24.9 Å². The normalized spacial score (nSPS) is 20.0. The number of halogens is 1. The first kappa shape index (κ1) is 16.0. The third kappa shape index (κ3) is 3.20. The zero-order valence-corrected chi connectivity index (χ0v) is 14.0. The minimum atomic E-state index is -0.347. The predicted octanol–water partition coefficient (Wildman–Crippen LogP) is 3.01. The zero-order chi connectivity index (χ0) is 17.2. The van der Waals surface area contributed by atoms with Crippen LogP contribution < -0.4 is 0 Å². The third-order valence-electron chi connectivity index (χ3n) is 4.12. The van der Waals surface area contributed by atoms with Gasteiger partial charge in [0, 0.05) is 0 Å². The highest BCUT2D eigenvalue weighted by Gasteiger charge is 2.29. The molecule has 0 N–H and O–H groups in total. The van der Waals surface area contributed by atoms with Gasteiger partial charge in [0.15, 0.2) is 10.8 Å². The van der Waals surface area contributed by atoms with E-state index in [0.717, 1.165) is 12.8 Å². The van der Waals surface area contributed by atoms with Gasteiger partial charge in [-0.3, -0.25) is 4.57 Å². The topological polar surface area (TPSA) is 79.1 Å². The van der Waals surface area contributed by atoms with E-state index in [2.05, 4.69) is 15.0 Å². The molecule has 1 aliphatic heterocycles. The Balaban J connectivity index is 1.40. The van der Waals surface area contributed by atoms with E-state index in [1.54, 1.807) is 30.6 Å². The van der Waals surface area contributed by atoms with Gasteiger partial charge in [0.05, 0.1) is 18.0 Å². The van der Waals surface area contributed by atoms with Gasteiger partial charge in [-0.25, -0.2) is 19.7 Å². The Morgan fingerprint density at radius 3 is 2.92 bits per heavy atom. The molecule has 2 atom stereocenters. The highest BCUT2D eigenvalue weighted by atomic mass is 35.5. The Bertz CT molecular complexity index is 899. The maximum atomic E-state index is 12.0. The summed E-state index contributed by atoms with van der Waals surface area (Å²) < 4.78 is 13.2. The van der Waals surface area contributed by atoms with Crippen LogP contribution in [0.25, 0.3) is 11.2 Å². The van der Waals surface area contributed by atoms with Crippen LogP contribution in [0.1, 0.15) is 29.4 Å². The molecule has 0 unspecified atom stereocenters. The number of ether oxygens (including phenoxy) is 2. The summed E-state index contributed by atoms with van der Waals surface area (Å²) in [4.78, 5) is 24.4. The summed E-state index contributed by atoms with van der Waals surface area (Å²) in [6.45, 7) is 0.215. The van der Waals surface area contributed by atoms with Crippen molar-refractivity contribution in [3.05, 3.63) is 53.7 Å². The molecule has 1 aliphatic rings. The molecule has 0 amide bonds. The van der Waals surface area contributed by atoms with Crippen LogP contribution in [-0.4, -0.2) is 38.2 Å². The van der Waals surface area contributed by atoms with Gasteiger partial charge in [-0.2, -0.15) is 0 Å². The maximum absolute atomic E-state index is 12.0. The lowest BCUT2D eigenvalue weighted by Crippen LogP contribution is -2.19. The molecule has 0 bridgehead atoms. The SMILES string of the molecule is O=C(OC[C@@H]1CC[C@H](n2cnc3c(Cl)ncnc32)O1)c1ccccc1. The van der Waals surface area contributed by atoms with Crippen LogP contribution in [0.2, 0.25) is 5.15 Å². The second kappa shape index (κ2) is 6.78. The summed E-state index contributed by atoms with van der Waals surface area (Å²) in [6.07, 6.45) is 4.24. The van der Waals surface area contributed by atoms with Gasteiger partial charge in [-0.1, -0.05) is 29.8 Å². The summed E-state index contributed by atoms with van der Waals surface area (Å²) in [7, 11) is 0. The first-order chi connectivity index (χ1) is 12.2. The molecule has 8 heteroatoms. The smallest absolute Gasteiger partial charge is 0.338 e. The number of hydrogen-bond donors (Lipinski definition) is 0. The number of hydrogen-bond acceptors (Lipinski definition) is 6. The summed E-state index contributed by atoms with van der Waals surface area (Å²) in [5.74, 6) is -0.347. The minimum absolute atomic E-state index is 0.160.